The Kier molecular flexibility index (Phi) is 10.3. The molecule has 0 atom stereocenters. The molecule has 0 amide bonds. The van der Waals surface area contributed by atoms with Crippen LogP contribution in [0.4, 0.5) is 0 Å². The second kappa shape index (κ2) is 6.77. The molecule has 0 aliphatic carbocycles. The molecule has 4 nitrogen and oxygen atoms in total. The first-order chi connectivity index (χ1) is 2.81. The van der Waals surface area contributed by atoms with Gasteiger partial charge in [-0.15, -0.1) is 0 Å². The summed E-state index contributed by atoms with van der Waals surface area (Å²) < 4.78 is 9.39. The van der Waals surface area contributed by atoms with E-state index in [0.29, 0.717) is 0 Å². The summed E-state index contributed by atoms with van der Waals surface area (Å²) in [5.41, 5.74) is 6.14. The molecule has 0 bridgehead atoms. The van der Waals surface area contributed by atoms with Gasteiger partial charge in [-0.3, -0.25) is 5.73 Å². The molecule has 0 saturated heterocycles. The van der Waals surface area contributed by atoms with E-state index in [0.717, 1.165) is 0 Å². The molecule has 7 heavy (non-hydrogen) atoms. The number of hydroxylamine groups is 1. The maximum absolute atomic E-state index is 9.39. The molecule has 0 spiro atoms. The number of nitrogens with two attached hydrogens (primary N) is 1. The molecule has 4 N–H and O–H groups in total. The van der Waals surface area contributed by atoms with Crippen LogP contribution in [-0.2, 0) is 11.3 Å². The van der Waals surface area contributed by atoms with Crippen LogP contribution < -0.4 is 40.8 Å². The van der Waals surface area contributed by atoms with Crippen LogP contribution in [0, 0.1) is 0 Å². The van der Waals surface area contributed by atoms with E-state index in [1.54, 1.807) is 0 Å². The zero-order valence-electron chi connectivity index (χ0n) is 4.84. The topological polar surface area (TPSA) is 75.3 Å². The normalized spacial score (nSPS) is 6.57. The smallest absolute Gasteiger partial charge is 1.00 e. The van der Waals surface area contributed by atoms with Crippen molar-refractivity contribution in [1.29, 1.82) is 0 Å². The van der Waals surface area contributed by atoms with Gasteiger partial charge in [-0.25, -0.2) is 4.21 Å². The first-order valence-electron chi connectivity index (χ1n) is 1.13. The molecule has 0 aromatic rings. The van der Waals surface area contributed by atoms with Crippen molar-refractivity contribution in [2.24, 2.45) is 5.73 Å². The zero-order valence-corrected chi connectivity index (χ0v) is 6.66. The van der Waals surface area contributed by atoms with Gasteiger partial charge in [0.25, 0.3) is 0 Å². The van der Waals surface area contributed by atoms with Crippen molar-refractivity contribution in [3.63, 3.8) is 0 Å². The monoisotopic (exact) mass is 132 g/mol. The summed E-state index contributed by atoms with van der Waals surface area (Å²) in [5, 5.41) is 7.46. The van der Waals surface area contributed by atoms with E-state index in [9.17, 15) is 4.21 Å². The summed E-state index contributed by atoms with van der Waals surface area (Å²) in [4.78, 5) is 0. The third-order valence-corrected chi connectivity index (χ3v) is 0.471. The van der Waals surface area contributed by atoms with Crippen molar-refractivity contribution in [2.75, 3.05) is 0 Å². The first-order valence-corrected chi connectivity index (χ1v) is 1.87. The summed E-state index contributed by atoms with van der Waals surface area (Å²) in [6.07, 6.45) is 0. The van der Waals surface area contributed by atoms with Crippen molar-refractivity contribution in [1.82, 2.24) is 5.48 Å². The molecule has 0 heterocycles. The minimum absolute atomic E-state index is 0. The van der Waals surface area contributed by atoms with Gasteiger partial charge < -0.3 is 6.63 Å². The molecule has 0 unspecified atom stereocenters. The average Bonchev–Trinajstić information content (AvgIpc) is 1.65. The van der Waals surface area contributed by atoms with Crippen molar-refractivity contribution in [2.45, 2.75) is 0 Å². The predicted molar refractivity (Wildman–Crippen MR) is 23.4 cm³/mol. The Morgan fingerprint density at radius 1 is 2.00 bits per heavy atom. The zero-order chi connectivity index (χ0) is 4.99. The van der Waals surface area contributed by atoms with Crippen molar-refractivity contribution in [3.05, 3.63) is 0 Å². The molecule has 0 aromatic carbocycles. The maximum Gasteiger partial charge on any atom is 1.00 e. The Hall–Kier alpha value is 0.770. The minimum Gasteiger partial charge on any atom is -1.00 e. The molecule has 0 fully saturated rings. The maximum atomic E-state index is 9.39. The Balaban J connectivity index is -0.000000125. The predicted octanol–water partition coefficient (Wildman–Crippen LogP) is -4.66. The van der Waals surface area contributed by atoms with Gasteiger partial charge in [0.15, 0.2) is 5.11 Å². The first kappa shape index (κ1) is 10.7. The minimum atomic E-state index is -0.241. The summed E-state index contributed by atoms with van der Waals surface area (Å²) in [6.45, 7) is 0. The number of hydrogen-bond acceptors (Lipinski definition) is 2. The summed E-state index contributed by atoms with van der Waals surface area (Å²) >= 11 is 0.00810. The Labute approximate surface area is 67.9 Å². The van der Waals surface area contributed by atoms with Gasteiger partial charge in [0.05, 0.1) is 0 Å². The van der Waals surface area contributed by atoms with Crippen molar-refractivity contribution < 1.29 is 40.4 Å². The second-order valence-electron chi connectivity index (χ2n) is 0.559. The van der Waals surface area contributed by atoms with E-state index in [-0.39, 0.29) is 47.4 Å². The molecule has 0 aromatic heterocycles. The number of rotatable bonds is 0. The Bertz CT molecular complexity index is 94.0. The van der Waals surface area contributed by atoms with E-state index >= 15 is 0 Å². The Morgan fingerprint density at radius 2 is 2.43 bits per heavy atom. The van der Waals surface area contributed by atoms with Gasteiger partial charge in [-0.05, 0) is 0 Å². The standard InChI is InChI=1S/CH4N2O2S.Na.H/c2-1(3-4)6-5;;/h3-4H,2H2;;/q;+1;-1. The van der Waals surface area contributed by atoms with Crippen LogP contribution >= 0.6 is 0 Å². The third-order valence-electron chi connectivity index (χ3n) is 0.200. The Morgan fingerprint density at radius 3 is 2.43 bits per heavy atom. The van der Waals surface area contributed by atoms with Gasteiger partial charge in [0.1, 0.15) is 11.3 Å². The van der Waals surface area contributed by atoms with Crippen molar-refractivity contribution >= 4 is 16.4 Å². The van der Waals surface area contributed by atoms with Crippen molar-refractivity contribution in [3.8, 4) is 0 Å². The van der Waals surface area contributed by atoms with Gasteiger partial charge in [-0.2, -0.15) is 5.48 Å². The molecule has 6 heteroatoms. The van der Waals surface area contributed by atoms with Crippen LogP contribution in [0.25, 0.3) is 0 Å². The van der Waals surface area contributed by atoms with Gasteiger partial charge >= 0.3 is 29.6 Å². The van der Waals surface area contributed by atoms with E-state index in [1.807, 2.05) is 0 Å². The van der Waals surface area contributed by atoms with Gasteiger partial charge in [0.2, 0.25) is 0 Å². The second-order valence-corrected chi connectivity index (χ2v) is 1.17. The van der Waals surface area contributed by atoms with Crippen LogP contribution in [-0.4, -0.2) is 14.5 Å². The van der Waals surface area contributed by atoms with Crippen LogP contribution in [0.1, 0.15) is 1.43 Å². The molecular weight excluding hydrogens is 127 g/mol. The van der Waals surface area contributed by atoms with Gasteiger partial charge in [0, 0.05) is 0 Å². The quantitative estimate of drug-likeness (QED) is 0.176. The fourth-order valence-electron chi connectivity index (χ4n) is 0.0186. The number of nitrogens with one attached hydrogen (secondary N) is 1. The molecule has 0 aliphatic heterocycles. The molecule has 0 saturated carbocycles. The molecule has 0 rings (SSSR count). The molecule has 38 valence electrons. The van der Waals surface area contributed by atoms with Crippen LogP contribution in [0.15, 0.2) is 0 Å². The average molecular weight is 132 g/mol. The van der Waals surface area contributed by atoms with Crippen LogP contribution in [0.5, 0.6) is 0 Å². The number of hydrogen-bond donors (Lipinski definition) is 3. The van der Waals surface area contributed by atoms with Crippen LogP contribution in [0.2, 0.25) is 0 Å². The summed E-state index contributed by atoms with van der Waals surface area (Å²) in [5.74, 6) is 0. The van der Waals surface area contributed by atoms with E-state index in [4.69, 9.17) is 5.21 Å². The van der Waals surface area contributed by atoms with Crippen LogP contribution in [0.3, 0.4) is 0 Å². The third kappa shape index (κ3) is 6.77. The fraction of sp³-hybridized carbons (Fsp3) is 0. The van der Waals surface area contributed by atoms with E-state index < -0.39 is 0 Å². The van der Waals surface area contributed by atoms with Gasteiger partial charge in [-0.1, -0.05) is 0 Å². The fourth-order valence-corrected chi connectivity index (χ4v) is 0.0559. The molecule has 0 radical (unpaired) electrons. The summed E-state index contributed by atoms with van der Waals surface area (Å²) in [6, 6.07) is 0. The molecular formula is CH5N2NaO2S. The summed E-state index contributed by atoms with van der Waals surface area (Å²) in [7, 11) is 0. The van der Waals surface area contributed by atoms with E-state index in [2.05, 4.69) is 5.73 Å². The SMILES string of the molecule is NC(NO)=S=O.[H-].[Na+]. The molecule has 0 aliphatic rings. The van der Waals surface area contributed by atoms with E-state index in [1.165, 1.54) is 5.48 Å². The largest absolute Gasteiger partial charge is 1.00 e.